The Morgan fingerprint density at radius 1 is 0.679 bits per heavy atom. The van der Waals surface area contributed by atoms with Crippen molar-refractivity contribution in [2.24, 2.45) is 11.8 Å². The van der Waals surface area contributed by atoms with Crippen molar-refractivity contribution in [1.29, 1.82) is 0 Å². The summed E-state index contributed by atoms with van der Waals surface area (Å²) in [5, 5.41) is 5.36. The number of amides is 4. The van der Waals surface area contributed by atoms with E-state index < -0.39 is 24.3 Å². The van der Waals surface area contributed by atoms with Crippen LogP contribution in [0.1, 0.15) is 77.1 Å². The number of anilines is 2. The van der Waals surface area contributed by atoms with Crippen molar-refractivity contribution in [3.63, 3.8) is 0 Å². The van der Waals surface area contributed by atoms with Gasteiger partial charge < -0.3 is 51.3 Å². The van der Waals surface area contributed by atoms with Gasteiger partial charge in [-0.2, -0.15) is 0 Å². The van der Waals surface area contributed by atoms with Crippen molar-refractivity contribution in [2.75, 3.05) is 38.8 Å². The van der Waals surface area contributed by atoms with Gasteiger partial charge in [0.2, 0.25) is 11.8 Å². The Balaban J connectivity index is 1.16. The molecular formula is C40H52N10O6. The van der Waals surface area contributed by atoms with Crippen LogP contribution in [0.4, 0.5) is 21.0 Å². The van der Waals surface area contributed by atoms with E-state index in [2.05, 4.69) is 30.6 Å². The van der Waals surface area contributed by atoms with Crippen LogP contribution in [0.3, 0.4) is 0 Å². The number of hydrogen-bond donors (Lipinski definition) is 6. The van der Waals surface area contributed by atoms with Gasteiger partial charge in [0, 0.05) is 24.2 Å². The summed E-state index contributed by atoms with van der Waals surface area (Å²) < 4.78 is 9.50. The number of H-pyrrole nitrogens is 2. The minimum atomic E-state index is -0.728. The van der Waals surface area contributed by atoms with Gasteiger partial charge in [0.1, 0.15) is 23.7 Å². The molecule has 4 atom stereocenters. The maximum Gasteiger partial charge on any atom is 0.407 e. The first-order valence-electron chi connectivity index (χ1n) is 19.0. The highest BCUT2D eigenvalue weighted by Crippen LogP contribution is 2.39. The van der Waals surface area contributed by atoms with Crippen molar-refractivity contribution in [3.05, 3.63) is 60.4 Å². The fraction of sp³-hybridized carbons (Fsp3) is 0.450. The fourth-order valence-corrected chi connectivity index (χ4v) is 7.63. The fourth-order valence-electron chi connectivity index (χ4n) is 7.63. The number of nitrogens with zero attached hydrogens (tertiary/aromatic N) is 4. The van der Waals surface area contributed by atoms with Crippen molar-refractivity contribution < 1.29 is 28.7 Å². The summed E-state index contributed by atoms with van der Waals surface area (Å²) in [4.78, 5) is 70.7. The maximum absolute atomic E-state index is 13.6. The number of nitrogens with two attached hydrogens (primary N) is 2. The quantitative estimate of drug-likeness (QED) is 0.107. The van der Waals surface area contributed by atoms with E-state index in [1.54, 1.807) is 22.2 Å². The maximum atomic E-state index is 13.6. The molecule has 16 heteroatoms. The Morgan fingerprint density at radius 3 is 1.59 bits per heavy atom. The first-order valence-corrected chi connectivity index (χ1v) is 19.0. The van der Waals surface area contributed by atoms with Crippen molar-refractivity contribution in [2.45, 2.75) is 77.5 Å². The summed E-state index contributed by atoms with van der Waals surface area (Å²) in [6.07, 6.45) is 5.28. The molecule has 6 rings (SSSR count). The van der Waals surface area contributed by atoms with Crippen LogP contribution in [0.15, 0.2) is 48.8 Å². The molecule has 16 nitrogen and oxygen atoms in total. The zero-order valence-electron chi connectivity index (χ0n) is 32.7. The predicted molar refractivity (Wildman–Crippen MR) is 212 cm³/mol. The minimum absolute atomic E-state index is 0.123. The lowest BCUT2D eigenvalue weighted by Crippen LogP contribution is -2.51. The van der Waals surface area contributed by atoms with E-state index in [4.69, 9.17) is 20.9 Å². The Morgan fingerprint density at radius 2 is 1.11 bits per heavy atom. The van der Waals surface area contributed by atoms with Gasteiger partial charge in [-0.05, 0) is 54.7 Å². The van der Waals surface area contributed by atoms with Gasteiger partial charge in [-0.25, -0.2) is 19.6 Å². The molecule has 2 fully saturated rings. The number of nitrogen functional groups attached to an aromatic ring is 2. The number of methoxy groups -OCH3 is 2. The van der Waals surface area contributed by atoms with Gasteiger partial charge in [0.15, 0.2) is 0 Å². The van der Waals surface area contributed by atoms with Gasteiger partial charge in [-0.15, -0.1) is 0 Å². The molecule has 298 valence electrons. The van der Waals surface area contributed by atoms with Crippen molar-refractivity contribution in [1.82, 2.24) is 40.4 Å². The third-order valence-electron chi connectivity index (χ3n) is 10.8. The van der Waals surface area contributed by atoms with E-state index in [1.165, 1.54) is 14.2 Å². The molecular weight excluding hydrogens is 717 g/mol. The van der Waals surface area contributed by atoms with E-state index in [9.17, 15) is 19.2 Å². The number of ether oxygens (including phenoxy) is 2. The number of carbonyl (C=O) groups is 4. The lowest BCUT2D eigenvalue weighted by molar-refractivity contribution is -0.136. The lowest BCUT2D eigenvalue weighted by Gasteiger charge is -2.30. The van der Waals surface area contributed by atoms with Gasteiger partial charge in [0.25, 0.3) is 0 Å². The second kappa shape index (κ2) is 16.8. The number of alkyl carbamates (subject to hydrolysis) is 2. The van der Waals surface area contributed by atoms with Crippen molar-refractivity contribution >= 4 is 35.4 Å². The third-order valence-corrected chi connectivity index (χ3v) is 10.8. The zero-order chi connectivity index (χ0) is 40.3. The van der Waals surface area contributed by atoms with E-state index in [1.807, 2.05) is 64.1 Å². The molecule has 0 aliphatic carbocycles. The van der Waals surface area contributed by atoms with Crippen LogP contribution in [0, 0.1) is 11.8 Å². The number of rotatable bonds is 11. The molecule has 0 radical (unpaired) electrons. The van der Waals surface area contributed by atoms with E-state index in [0.29, 0.717) is 47.4 Å². The standard InChI is InChI=1S/C40H52N10O6/c1-21(2)33(47-39(53)55-5)37(51)49-17-7-9-29(49)35-43-19-27(45-35)24-13-11-23(12-14-24)25-15-16-26(32(42)31(25)41)28-20-44-36(46-28)30-10-8-18-50(30)38(52)34(22(3)4)48-40(54)56-6/h11-16,19-22,29-30,33-34H,7-10,17-18,41-42H2,1-6H3,(H,43,45)(H,44,46)(H,47,53)(H,48,54). The Kier molecular flexibility index (Phi) is 11.9. The molecule has 2 aromatic heterocycles. The van der Waals surface area contributed by atoms with Gasteiger partial charge in [-0.3, -0.25) is 9.59 Å². The third kappa shape index (κ3) is 8.00. The molecule has 2 aliphatic rings. The van der Waals surface area contributed by atoms with Crippen LogP contribution in [0.2, 0.25) is 0 Å². The predicted octanol–water partition coefficient (Wildman–Crippen LogP) is 5.39. The Bertz CT molecular complexity index is 2060. The average Bonchev–Trinajstić information content (AvgIpc) is 4.03. The van der Waals surface area contributed by atoms with Crippen LogP contribution in [0.25, 0.3) is 33.6 Å². The second-order valence-corrected chi connectivity index (χ2v) is 15.0. The molecule has 0 saturated carbocycles. The molecule has 8 N–H and O–H groups in total. The van der Waals surface area contributed by atoms with E-state index in [0.717, 1.165) is 48.1 Å². The molecule has 2 saturated heterocycles. The molecule has 4 unspecified atom stereocenters. The molecule has 0 bridgehead atoms. The van der Waals surface area contributed by atoms with Crippen LogP contribution in [-0.2, 0) is 19.1 Å². The number of aromatic amines is 2. The molecule has 0 spiro atoms. The molecule has 2 aliphatic heterocycles. The normalized spacial score (nSPS) is 17.9. The SMILES string of the molecule is COC(=O)NC(C(=O)N1CCCC1c1ncc(-c2ccc(-c3ccc(-c4cnc(C5CCCN5C(=O)C(NC(=O)OC)C(C)C)[nH]4)c(N)c3N)cc2)[nH]1)C(C)C. The number of benzene rings is 2. The summed E-state index contributed by atoms with van der Waals surface area (Å²) in [5.74, 6) is 0.713. The highest BCUT2D eigenvalue weighted by molar-refractivity contribution is 5.93. The lowest BCUT2D eigenvalue weighted by atomic mass is 9.97. The monoisotopic (exact) mass is 768 g/mol. The summed E-state index contributed by atoms with van der Waals surface area (Å²) >= 11 is 0. The van der Waals surface area contributed by atoms with Crippen LogP contribution in [0.5, 0.6) is 0 Å². The topological polar surface area (TPSA) is 227 Å². The molecule has 2 aromatic carbocycles. The smallest absolute Gasteiger partial charge is 0.407 e. The largest absolute Gasteiger partial charge is 0.453 e. The number of carbonyl (C=O) groups excluding carboxylic acids is 4. The minimum Gasteiger partial charge on any atom is -0.453 e. The summed E-state index contributed by atoms with van der Waals surface area (Å²) in [5.41, 5.74) is 18.9. The van der Waals surface area contributed by atoms with Crippen LogP contribution < -0.4 is 22.1 Å². The summed E-state index contributed by atoms with van der Waals surface area (Å²) in [6, 6.07) is 9.75. The highest BCUT2D eigenvalue weighted by atomic mass is 16.5. The summed E-state index contributed by atoms with van der Waals surface area (Å²) in [6.45, 7) is 8.65. The average molecular weight is 769 g/mol. The Labute approximate surface area is 326 Å². The van der Waals surface area contributed by atoms with Crippen LogP contribution in [-0.4, -0.2) is 93.1 Å². The van der Waals surface area contributed by atoms with E-state index >= 15 is 0 Å². The first kappa shape index (κ1) is 39.6. The second-order valence-electron chi connectivity index (χ2n) is 15.0. The van der Waals surface area contributed by atoms with Gasteiger partial charge in [-0.1, -0.05) is 58.0 Å². The number of hydrogen-bond acceptors (Lipinski definition) is 10. The van der Waals surface area contributed by atoms with Gasteiger partial charge >= 0.3 is 12.2 Å². The summed E-state index contributed by atoms with van der Waals surface area (Å²) in [7, 11) is 2.55. The first-order chi connectivity index (χ1) is 26.8. The number of likely N-dealkylation sites (tertiary alicyclic amines) is 2. The van der Waals surface area contributed by atoms with Crippen LogP contribution >= 0.6 is 0 Å². The van der Waals surface area contributed by atoms with E-state index in [-0.39, 0.29) is 35.7 Å². The molecule has 4 amide bonds. The zero-order valence-corrected chi connectivity index (χ0v) is 32.7. The number of imidazole rings is 2. The molecule has 4 aromatic rings. The molecule has 4 heterocycles. The molecule has 56 heavy (non-hydrogen) atoms. The number of aromatic nitrogens is 4. The highest BCUT2D eigenvalue weighted by Gasteiger charge is 2.39. The van der Waals surface area contributed by atoms with Gasteiger partial charge in [0.05, 0.1) is 61.5 Å². The Hall–Kier alpha value is -6.06. The van der Waals surface area contributed by atoms with Crippen molar-refractivity contribution in [3.8, 4) is 33.6 Å². The number of nitrogens with one attached hydrogen (secondary N) is 4.